The van der Waals surface area contributed by atoms with Crippen LogP contribution in [-0.4, -0.2) is 78.7 Å². The average Bonchev–Trinajstić information content (AvgIpc) is 3.87. The lowest BCUT2D eigenvalue weighted by Gasteiger charge is -2.55. The first-order chi connectivity index (χ1) is 27.8. The number of carbonyl (C=O) groups excluding carboxylic acids is 2. The van der Waals surface area contributed by atoms with Crippen LogP contribution in [0, 0.1) is 28.5 Å². The maximum Gasteiger partial charge on any atom is 0.328 e. The number of likely N-dealkylation sites (tertiary alicyclic amines) is 1. The number of H-pyrrole nitrogens is 1. The minimum atomic E-state index is -0.348. The Morgan fingerprint density at radius 1 is 0.825 bits per heavy atom. The summed E-state index contributed by atoms with van der Waals surface area (Å²) in [4.78, 5) is 36.8. The molecule has 2 aromatic heterocycles. The van der Waals surface area contributed by atoms with Crippen molar-refractivity contribution in [1.82, 2.24) is 19.8 Å². The van der Waals surface area contributed by atoms with Crippen molar-refractivity contribution in [2.24, 2.45) is 11.3 Å². The van der Waals surface area contributed by atoms with Gasteiger partial charge in [0.25, 0.3) is 0 Å². The van der Waals surface area contributed by atoms with Gasteiger partial charge in [0.2, 0.25) is 5.91 Å². The molecule has 0 bridgehead atoms. The van der Waals surface area contributed by atoms with Crippen LogP contribution in [0.15, 0.2) is 73.1 Å². The van der Waals surface area contributed by atoms with Crippen molar-refractivity contribution < 1.29 is 14.0 Å². The molecule has 4 aliphatic heterocycles. The van der Waals surface area contributed by atoms with Crippen LogP contribution in [0.25, 0.3) is 21.8 Å². The van der Waals surface area contributed by atoms with Gasteiger partial charge in [0.05, 0.1) is 33.4 Å². The number of nitrogens with zero attached hydrogens (tertiary/aromatic N) is 6. The van der Waals surface area contributed by atoms with E-state index in [2.05, 4.69) is 78.2 Å². The fourth-order valence-electron chi connectivity index (χ4n) is 11.0. The molecule has 10 rings (SSSR count). The van der Waals surface area contributed by atoms with E-state index in [4.69, 9.17) is 0 Å². The fourth-order valence-corrected chi connectivity index (χ4v) is 11.0. The molecule has 5 aliphatic rings. The second kappa shape index (κ2) is 14.6. The third-order valence-corrected chi connectivity index (χ3v) is 14.2. The van der Waals surface area contributed by atoms with Crippen LogP contribution < -0.4 is 20.0 Å². The van der Waals surface area contributed by atoms with Crippen molar-refractivity contribution in [3.8, 4) is 6.07 Å². The van der Waals surface area contributed by atoms with Gasteiger partial charge < -0.3 is 24.3 Å². The third kappa shape index (κ3) is 6.62. The van der Waals surface area contributed by atoms with E-state index in [1.165, 1.54) is 62.6 Å². The molecule has 0 unspecified atom stereocenters. The molecular weight excluding hydrogens is 716 g/mol. The summed E-state index contributed by atoms with van der Waals surface area (Å²) >= 11 is 0. The fraction of sp³-hybridized carbons (Fsp3) is 0.457. The van der Waals surface area contributed by atoms with Crippen LogP contribution in [0.5, 0.6) is 0 Å². The van der Waals surface area contributed by atoms with Crippen LogP contribution in [0.4, 0.5) is 26.2 Å². The molecule has 2 N–H and O–H groups in total. The highest BCUT2D eigenvalue weighted by Gasteiger charge is 2.45. The van der Waals surface area contributed by atoms with Crippen LogP contribution in [0.1, 0.15) is 80.9 Å². The normalized spacial score (nSPS) is 21.4. The van der Waals surface area contributed by atoms with E-state index < -0.39 is 0 Å². The van der Waals surface area contributed by atoms with E-state index in [0.717, 1.165) is 85.6 Å². The highest BCUT2D eigenvalue weighted by Crippen LogP contribution is 2.48. The zero-order valence-corrected chi connectivity index (χ0v) is 32.6. The summed E-state index contributed by atoms with van der Waals surface area (Å²) in [7, 11) is 0. The molecule has 10 nitrogen and oxygen atoms in total. The standard InChI is InChI=1S/C46H51FN8O2/c47-38-8-9-41(44-43(38)34(26-48)27-49-44)52-22-12-33(13-23-52)32-4-6-35(7-5-32)53-29-46(30-53)18-10-31(11-19-46)28-51-20-14-36(15-21-51)54-24-16-37-39(54)2-1-3-40(37)55-25-17-42(56)50-45(55)57/h1-9,16,24,27,31,33,36,49H,10-15,17-23,25,28-30H2,(H,50,56,57). The third-order valence-electron chi connectivity index (χ3n) is 14.2. The summed E-state index contributed by atoms with van der Waals surface area (Å²) in [6.07, 6.45) is 13.8. The number of hydrogen-bond acceptors (Lipinski definition) is 6. The molecule has 11 heteroatoms. The molecular formula is C46H51FN8O2. The Balaban J connectivity index is 0.677. The van der Waals surface area contributed by atoms with Gasteiger partial charge in [-0.1, -0.05) is 18.2 Å². The Labute approximate surface area is 333 Å². The van der Waals surface area contributed by atoms with Gasteiger partial charge >= 0.3 is 6.03 Å². The van der Waals surface area contributed by atoms with E-state index in [1.54, 1.807) is 11.1 Å². The van der Waals surface area contributed by atoms with Gasteiger partial charge in [-0.05, 0) is 111 Å². The number of rotatable bonds is 7. The first-order valence-corrected chi connectivity index (χ1v) is 21.1. The maximum atomic E-state index is 14.5. The van der Waals surface area contributed by atoms with E-state index in [1.807, 2.05) is 18.2 Å². The topological polar surface area (TPSA) is 104 Å². The van der Waals surface area contributed by atoms with Gasteiger partial charge in [-0.3, -0.25) is 15.0 Å². The Kier molecular flexibility index (Phi) is 9.20. The van der Waals surface area contributed by atoms with Crippen LogP contribution in [0.3, 0.4) is 0 Å². The second-order valence-corrected chi connectivity index (χ2v) is 17.5. The summed E-state index contributed by atoms with van der Waals surface area (Å²) in [6.45, 7) is 8.04. The molecule has 5 fully saturated rings. The molecule has 1 spiro atoms. The van der Waals surface area contributed by atoms with Gasteiger partial charge in [-0.15, -0.1) is 0 Å². The molecule has 5 aromatic rings. The number of fused-ring (bicyclic) bond motifs is 2. The molecule has 3 aromatic carbocycles. The first-order valence-electron chi connectivity index (χ1n) is 21.1. The van der Waals surface area contributed by atoms with Crippen LogP contribution in [-0.2, 0) is 4.79 Å². The molecule has 0 atom stereocenters. The highest BCUT2D eigenvalue weighted by molar-refractivity contribution is 6.09. The van der Waals surface area contributed by atoms with E-state index in [-0.39, 0.29) is 17.8 Å². The second-order valence-electron chi connectivity index (χ2n) is 17.5. The summed E-state index contributed by atoms with van der Waals surface area (Å²) in [6, 6.07) is 23.2. The number of nitrogens with one attached hydrogen (secondary N) is 2. The van der Waals surface area contributed by atoms with Gasteiger partial charge in [-0.25, -0.2) is 9.18 Å². The molecule has 6 heterocycles. The smallest absolute Gasteiger partial charge is 0.328 e. The number of urea groups is 1. The molecule has 1 aliphatic carbocycles. The quantitative estimate of drug-likeness (QED) is 0.173. The molecule has 1 saturated carbocycles. The predicted octanol–water partition coefficient (Wildman–Crippen LogP) is 8.30. The van der Waals surface area contributed by atoms with Crippen molar-refractivity contribution >= 4 is 50.8 Å². The average molecular weight is 767 g/mol. The largest absolute Gasteiger partial charge is 0.370 e. The lowest BCUT2D eigenvalue weighted by Crippen LogP contribution is -2.58. The Hall–Kier alpha value is -5.34. The van der Waals surface area contributed by atoms with E-state index >= 15 is 0 Å². The number of aromatic nitrogens is 2. The maximum absolute atomic E-state index is 14.5. The SMILES string of the molecule is N#Cc1c[nH]c2c(N3CCC(c4ccc(N5CC6(CCC(CN7CCC(n8ccc9c(N%10CCC(=O)NC%10=O)cccc98)CC7)CC6)C5)cc4)CC3)ccc(F)c12. The van der Waals surface area contributed by atoms with Gasteiger partial charge in [0.1, 0.15) is 11.9 Å². The van der Waals surface area contributed by atoms with Crippen LogP contribution in [0.2, 0.25) is 0 Å². The number of halogens is 1. The number of benzene rings is 3. The Bertz CT molecular complexity index is 2350. The molecule has 3 amide bonds. The minimum absolute atomic E-state index is 0.207. The molecule has 57 heavy (non-hydrogen) atoms. The monoisotopic (exact) mass is 766 g/mol. The molecule has 4 saturated heterocycles. The lowest BCUT2D eigenvalue weighted by molar-refractivity contribution is -0.120. The molecule has 294 valence electrons. The first kappa shape index (κ1) is 36.0. The highest BCUT2D eigenvalue weighted by atomic mass is 19.1. The number of amides is 3. The Morgan fingerprint density at radius 3 is 2.33 bits per heavy atom. The van der Waals surface area contributed by atoms with Gasteiger partial charge in [0, 0.05) is 93.7 Å². The van der Waals surface area contributed by atoms with Gasteiger partial charge in [0.15, 0.2) is 0 Å². The zero-order valence-electron chi connectivity index (χ0n) is 32.6. The number of nitriles is 1. The number of carbonyl (C=O) groups is 2. The lowest BCUT2D eigenvalue weighted by atomic mass is 9.65. The van der Waals surface area contributed by atoms with E-state index in [0.29, 0.717) is 41.3 Å². The number of anilines is 3. The number of aromatic amines is 1. The van der Waals surface area contributed by atoms with Crippen molar-refractivity contribution in [1.29, 1.82) is 5.26 Å². The summed E-state index contributed by atoms with van der Waals surface area (Å²) in [5.41, 5.74) is 7.34. The zero-order chi connectivity index (χ0) is 38.7. The molecule has 0 radical (unpaired) electrons. The van der Waals surface area contributed by atoms with E-state index in [9.17, 15) is 19.2 Å². The number of hydrogen-bond donors (Lipinski definition) is 2. The van der Waals surface area contributed by atoms with Crippen molar-refractivity contribution in [2.45, 2.75) is 69.7 Å². The summed E-state index contributed by atoms with van der Waals surface area (Å²) in [5.74, 6) is 0.747. The summed E-state index contributed by atoms with van der Waals surface area (Å²) < 4.78 is 17.0. The summed E-state index contributed by atoms with van der Waals surface area (Å²) in [5, 5.41) is 13.4. The van der Waals surface area contributed by atoms with Gasteiger partial charge in [-0.2, -0.15) is 5.26 Å². The van der Waals surface area contributed by atoms with Crippen LogP contribution >= 0.6 is 0 Å². The number of piperidine rings is 2. The predicted molar refractivity (Wildman–Crippen MR) is 222 cm³/mol. The Morgan fingerprint density at radius 2 is 1.60 bits per heavy atom. The van der Waals surface area contributed by atoms with Crippen molar-refractivity contribution in [3.63, 3.8) is 0 Å². The number of imide groups is 1. The van der Waals surface area contributed by atoms with Crippen molar-refractivity contribution in [3.05, 3.63) is 90.0 Å². The van der Waals surface area contributed by atoms with Crippen molar-refractivity contribution in [2.75, 3.05) is 67.1 Å². The minimum Gasteiger partial charge on any atom is -0.370 e.